The van der Waals surface area contributed by atoms with Crippen molar-refractivity contribution in [1.82, 2.24) is 9.13 Å². The SMILES string of the molecule is c1ccc(-c2ccc(-c3ccc(-n4c5ccccc5c5cc(-c6ccc7c8ccccc8n(-c8ccccc8)c7c6)ccc54)c4sc5ccccc5c34)cc2)cc1. The second-order valence-electron chi connectivity index (χ2n) is 14.9. The molecule has 57 heavy (non-hydrogen) atoms. The summed E-state index contributed by atoms with van der Waals surface area (Å²) >= 11 is 1.89. The van der Waals surface area contributed by atoms with Crippen molar-refractivity contribution in [3.8, 4) is 44.8 Å². The van der Waals surface area contributed by atoms with E-state index in [1.165, 1.54) is 109 Å². The predicted molar refractivity (Wildman–Crippen MR) is 244 cm³/mol. The van der Waals surface area contributed by atoms with Gasteiger partial charge >= 0.3 is 0 Å². The zero-order valence-electron chi connectivity index (χ0n) is 30.9. The summed E-state index contributed by atoms with van der Waals surface area (Å²) in [6.45, 7) is 0. The molecule has 0 aliphatic heterocycles. The first-order valence-electron chi connectivity index (χ1n) is 19.5. The predicted octanol–water partition coefficient (Wildman–Crippen LogP) is 15.2. The number of fused-ring (bicyclic) bond motifs is 9. The second kappa shape index (κ2) is 12.7. The quantitative estimate of drug-likeness (QED) is 0.166. The molecule has 2 nitrogen and oxygen atoms in total. The Morgan fingerprint density at radius 3 is 1.65 bits per heavy atom. The van der Waals surface area contributed by atoms with Crippen molar-refractivity contribution in [2.24, 2.45) is 0 Å². The number of para-hydroxylation sites is 3. The van der Waals surface area contributed by atoms with Gasteiger partial charge in [-0.3, -0.25) is 0 Å². The Bertz CT molecular complexity index is 3490. The largest absolute Gasteiger partial charge is 0.309 e. The van der Waals surface area contributed by atoms with E-state index in [1.807, 2.05) is 11.3 Å². The first kappa shape index (κ1) is 32.1. The molecule has 0 atom stereocenters. The van der Waals surface area contributed by atoms with Crippen LogP contribution in [0.1, 0.15) is 0 Å². The Balaban J connectivity index is 1.05. The number of nitrogens with zero attached hydrogens (tertiary/aromatic N) is 2. The fourth-order valence-electron chi connectivity index (χ4n) is 9.12. The molecule has 0 aliphatic carbocycles. The van der Waals surface area contributed by atoms with Gasteiger partial charge in [-0.05, 0) is 88.0 Å². The molecule has 0 saturated carbocycles. The molecular formula is C54H34N2S. The number of hydrogen-bond donors (Lipinski definition) is 0. The van der Waals surface area contributed by atoms with E-state index in [9.17, 15) is 0 Å². The van der Waals surface area contributed by atoms with Crippen LogP contribution in [0.15, 0.2) is 206 Å². The zero-order chi connectivity index (χ0) is 37.5. The Kier molecular flexibility index (Phi) is 7.13. The molecule has 0 unspecified atom stereocenters. The molecular weight excluding hydrogens is 709 g/mol. The lowest BCUT2D eigenvalue weighted by Gasteiger charge is -2.13. The van der Waals surface area contributed by atoms with E-state index in [0.29, 0.717) is 0 Å². The normalized spacial score (nSPS) is 11.9. The summed E-state index contributed by atoms with van der Waals surface area (Å²) in [7, 11) is 0. The molecule has 0 aliphatic rings. The van der Waals surface area contributed by atoms with E-state index >= 15 is 0 Å². The monoisotopic (exact) mass is 742 g/mol. The minimum absolute atomic E-state index is 1.17. The molecule has 0 amide bonds. The Morgan fingerprint density at radius 1 is 0.316 bits per heavy atom. The first-order valence-corrected chi connectivity index (χ1v) is 20.3. The molecule has 0 N–H and O–H groups in total. The summed E-state index contributed by atoms with van der Waals surface area (Å²) in [5, 5.41) is 7.64. The van der Waals surface area contributed by atoms with Gasteiger partial charge < -0.3 is 9.13 Å². The van der Waals surface area contributed by atoms with Gasteiger partial charge in [0.05, 0.1) is 32.5 Å². The van der Waals surface area contributed by atoms with Crippen LogP contribution < -0.4 is 0 Å². The molecule has 0 fully saturated rings. The maximum Gasteiger partial charge on any atom is 0.0641 e. The summed E-state index contributed by atoms with van der Waals surface area (Å²) in [6, 6.07) is 75.6. The lowest BCUT2D eigenvalue weighted by molar-refractivity contribution is 1.18. The Morgan fingerprint density at radius 2 is 0.860 bits per heavy atom. The Labute approximate surface area is 333 Å². The molecule has 12 rings (SSSR count). The van der Waals surface area contributed by atoms with Crippen LogP contribution in [-0.4, -0.2) is 9.13 Å². The van der Waals surface area contributed by atoms with Crippen molar-refractivity contribution in [3.05, 3.63) is 206 Å². The zero-order valence-corrected chi connectivity index (χ0v) is 31.7. The molecule has 266 valence electrons. The smallest absolute Gasteiger partial charge is 0.0641 e. The van der Waals surface area contributed by atoms with Crippen LogP contribution in [-0.2, 0) is 0 Å². The highest BCUT2D eigenvalue weighted by molar-refractivity contribution is 7.26. The van der Waals surface area contributed by atoms with Gasteiger partial charge in [0.1, 0.15) is 0 Å². The van der Waals surface area contributed by atoms with Crippen molar-refractivity contribution in [1.29, 1.82) is 0 Å². The average Bonchev–Trinajstić information content (AvgIpc) is 3.95. The van der Waals surface area contributed by atoms with Crippen LogP contribution in [0.25, 0.3) is 109 Å². The van der Waals surface area contributed by atoms with Gasteiger partial charge in [-0.1, -0.05) is 152 Å². The highest BCUT2D eigenvalue weighted by atomic mass is 32.1. The van der Waals surface area contributed by atoms with Gasteiger partial charge in [-0.25, -0.2) is 0 Å². The summed E-state index contributed by atoms with van der Waals surface area (Å²) < 4.78 is 7.49. The second-order valence-corrected chi connectivity index (χ2v) is 15.9. The molecule has 12 aromatic rings. The maximum atomic E-state index is 2.49. The van der Waals surface area contributed by atoms with E-state index in [-0.39, 0.29) is 0 Å². The number of thiophene rings is 1. The lowest BCUT2D eigenvalue weighted by atomic mass is 9.96. The summed E-state index contributed by atoms with van der Waals surface area (Å²) in [4.78, 5) is 0. The van der Waals surface area contributed by atoms with E-state index < -0.39 is 0 Å². The standard InChI is InChI=1S/C54H34N2S/c1-3-13-35(14-4-1)36-23-25-37(26-24-36)41-30-32-50(54-53(41)45-19-9-12-22-52(45)57-54)56-48-21-11-8-18-43(48)46-33-38(28-31-49(46)56)39-27-29-44-42-17-7-10-20-47(42)55(51(44)34-39)40-15-5-2-6-16-40/h1-34H. The van der Waals surface area contributed by atoms with Crippen molar-refractivity contribution < 1.29 is 0 Å². The number of benzene rings is 9. The van der Waals surface area contributed by atoms with E-state index in [0.717, 1.165) is 0 Å². The van der Waals surface area contributed by atoms with Crippen LogP contribution in [0.5, 0.6) is 0 Å². The average molecular weight is 743 g/mol. The van der Waals surface area contributed by atoms with Gasteiger partial charge in [0.15, 0.2) is 0 Å². The van der Waals surface area contributed by atoms with Gasteiger partial charge in [0.25, 0.3) is 0 Å². The van der Waals surface area contributed by atoms with Gasteiger partial charge in [-0.2, -0.15) is 0 Å². The van der Waals surface area contributed by atoms with Crippen molar-refractivity contribution in [3.63, 3.8) is 0 Å². The van der Waals surface area contributed by atoms with Gasteiger partial charge in [-0.15, -0.1) is 11.3 Å². The highest BCUT2D eigenvalue weighted by Crippen LogP contribution is 2.46. The van der Waals surface area contributed by atoms with Crippen molar-refractivity contribution in [2.45, 2.75) is 0 Å². The molecule has 0 radical (unpaired) electrons. The molecule has 0 spiro atoms. The Hall–Kier alpha value is -7.20. The lowest BCUT2D eigenvalue weighted by Crippen LogP contribution is -1.95. The topological polar surface area (TPSA) is 9.86 Å². The van der Waals surface area contributed by atoms with E-state index in [1.54, 1.807) is 0 Å². The first-order chi connectivity index (χ1) is 28.3. The molecule has 3 heterocycles. The number of aromatic nitrogens is 2. The number of hydrogen-bond acceptors (Lipinski definition) is 1. The van der Waals surface area contributed by atoms with Crippen LogP contribution in [0.4, 0.5) is 0 Å². The third-order valence-electron chi connectivity index (χ3n) is 11.7. The van der Waals surface area contributed by atoms with E-state index in [4.69, 9.17) is 0 Å². The fraction of sp³-hybridized carbons (Fsp3) is 0. The van der Waals surface area contributed by atoms with Crippen LogP contribution in [0, 0.1) is 0 Å². The van der Waals surface area contributed by atoms with Crippen molar-refractivity contribution in [2.75, 3.05) is 0 Å². The third kappa shape index (κ3) is 4.96. The van der Waals surface area contributed by atoms with Gasteiger partial charge in [0, 0.05) is 42.7 Å². The van der Waals surface area contributed by atoms with Crippen LogP contribution >= 0.6 is 11.3 Å². The minimum atomic E-state index is 1.17. The van der Waals surface area contributed by atoms with Crippen LogP contribution in [0.3, 0.4) is 0 Å². The number of rotatable bonds is 5. The minimum Gasteiger partial charge on any atom is -0.309 e. The summed E-state index contributed by atoms with van der Waals surface area (Å²) in [6.07, 6.45) is 0. The molecule has 0 bridgehead atoms. The summed E-state index contributed by atoms with van der Waals surface area (Å²) in [5.74, 6) is 0. The fourth-order valence-corrected chi connectivity index (χ4v) is 10.4. The molecule has 9 aromatic carbocycles. The molecule has 0 saturated heterocycles. The highest BCUT2D eigenvalue weighted by Gasteiger charge is 2.20. The van der Waals surface area contributed by atoms with E-state index in [2.05, 4.69) is 215 Å². The maximum absolute atomic E-state index is 2.49. The van der Waals surface area contributed by atoms with Crippen molar-refractivity contribution >= 4 is 75.1 Å². The molecule has 3 aromatic heterocycles. The van der Waals surface area contributed by atoms with Gasteiger partial charge in [0.2, 0.25) is 0 Å². The molecule has 3 heteroatoms. The third-order valence-corrected chi connectivity index (χ3v) is 12.9. The summed E-state index contributed by atoms with van der Waals surface area (Å²) in [5.41, 5.74) is 14.6. The van der Waals surface area contributed by atoms with Crippen LogP contribution in [0.2, 0.25) is 0 Å².